The molecule has 2 N–H and O–H groups in total. The number of nitrogens with zero attached hydrogens (tertiary/aromatic N) is 2. The van der Waals surface area contributed by atoms with Crippen LogP contribution in [0, 0.1) is 0 Å². The summed E-state index contributed by atoms with van der Waals surface area (Å²) in [4.78, 5) is 0. The van der Waals surface area contributed by atoms with Crippen molar-refractivity contribution in [1.82, 2.24) is 15.1 Å². The lowest BCUT2D eigenvalue weighted by Gasteiger charge is -2.06. The van der Waals surface area contributed by atoms with E-state index in [2.05, 4.69) is 17.3 Å². The molecule has 4 nitrogen and oxygen atoms in total. The molecule has 0 saturated heterocycles. The number of aromatic nitrogens is 2. The van der Waals surface area contributed by atoms with Gasteiger partial charge in [0.2, 0.25) is 0 Å². The number of rotatable bonds is 7. The molecule has 0 amide bonds. The van der Waals surface area contributed by atoms with Gasteiger partial charge in [-0.15, -0.1) is 0 Å². The maximum absolute atomic E-state index is 8.60. The molecule has 0 aromatic carbocycles. The van der Waals surface area contributed by atoms with Crippen molar-refractivity contribution < 1.29 is 5.11 Å². The second-order valence-electron chi connectivity index (χ2n) is 3.30. The van der Waals surface area contributed by atoms with Crippen LogP contribution in [0.5, 0.6) is 0 Å². The average molecular weight is 197 g/mol. The summed E-state index contributed by atoms with van der Waals surface area (Å²) in [7, 11) is 0. The minimum absolute atomic E-state index is 0.251. The molecule has 0 spiro atoms. The van der Waals surface area contributed by atoms with Crippen LogP contribution in [0.25, 0.3) is 0 Å². The van der Waals surface area contributed by atoms with Crippen molar-refractivity contribution in [2.45, 2.75) is 32.9 Å². The van der Waals surface area contributed by atoms with Crippen LogP contribution in [0.1, 0.15) is 25.5 Å². The minimum atomic E-state index is 0.251. The first-order valence-electron chi connectivity index (χ1n) is 5.20. The molecule has 1 aromatic rings. The van der Waals surface area contributed by atoms with Crippen LogP contribution in [-0.2, 0) is 13.1 Å². The van der Waals surface area contributed by atoms with Crippen molar-refractivity contribution >= 4 is 0 Å². The zero-order valence-electron chi connectivity index (χ0n) is 8.74. The Bertz CT molecular complexity index is 247. The first-order valence-corrected chi connectivity index (χ1v) is 5.20. The lowest BCUT2D eigenvalue weighted by atomic mass is 10.3. The van der Waals surface area contributed by atoms with Gasteiger partial charge in [0.25, 0.3) is 0 Å². The van der Waals surface area contributed by atoms with Gasteiger partial charge in [-0.2, -0.15) is 5.10 Å². The second-order valence-corrected chi connectivity index (χ2v) is 3.30. The molecule has 1 aromatic heterocycles. The van der Waals surface area contributed by atoms with E-state index < -0.39 is 0 Å². The highest BCUT2D eigenvalue weighted by Crippen LogP contribution is 1.99. The lowest BCUT2D eigenvalue weighted by Crippen LogP contribution is -2.18. The minimum Gasteiger partial charge on any atom is -0.396 e. The topological polar surface area (TPSA) is 50.1 Å². The molecule has 0 bridgehead atoms. The molecule has 80 valence electrons. The summed E-state index contributed by atoms with van der Waals surface area (Å²) in [6, 6.07) is 2.03. The molecule has 1 heterocycles. The molecule has 0 saturated carbocycles. The Morgan fingerprint density at radius 3 is 3.14 bits per heavy atom. The van der Waals surface area contributed by atoms with Crippen LogP contribution in [0.15, 0.2) is 12.3 Å². The third-order valence-electron chi connectivity index (χ3n) is 2.06. The van der Waals surface area contributed by atoms with Gasteiger partial charge in [0.1, 0.15) is 0 Å². The summed E-state index contributed by atoms with van der Waals surface area (Å²) in [5.74, 6) is 0. The number of aliphatic hydroxyl groups is 1. The molecule has 0 aliphatic carbocycles. The highest BCUT2D eigenvalue weighted by atomic mass is 16.3. The molecule has 0 atom stereocenters. The van der Waals surface area contributed by atoms with E-state index >= 15 is 0 Å². The maximum atomic E-state index is 8.60. The van der Waals surface area contributed by atoms with Crippen LogP contribution in [0.3, 0.4) is 0 Å². The number of nitrogens with one attached hydrogen (secondary N) is 1. The quantitative estimate of drug-likeness (QED) is 0.635. The Balaban J connectivity index is 2.30. The zero-order valence-corrected chi connectivity index (χ0v) is 8.74. The average Bonchev–Trinajstić information content (AvgIpc) is 2.61. The maximum Gasteiger partial charge on any atom is 0.0522 e. The number of aryl methyl sites for hydroxylation is 1. The largest absolute Gasteiger partial charge is 0.396 e. The third-order valence-corrected chi connectivity index (χ3v) is 2.06. The second kappa shape index (κ2) is 6.56. The van der Waals surface area contributed by atoms with E-state index in [9.17, 15) is 0 Å². The smallest absolute Gasteiger partial charge is 0.0522 e. The van der Waals surface area contributed by atoms with Crippen LogP contribution in [0.2, 0.25) is 0 Å². The highest BCUT2D eigenvalue weighted by molar-refractivity contribution is 4.99. The standard InChI is InChI=1S/C10H19N3O/c1-2-7-13-10(4-6-12-13)9-11-5-3-8-14/h4,6,11,14H,2-3,5,7-9H2,1H3. The van der Waals surface area contributed by atoms with E-state index in [0.717, 1.165) is 32.5 Å². The summed E-state index contributed by atoms with van der Waals surface area (Å²) in [6.07, 6.45) is 3.74. The SMILES string of the molecule is CCCn1nccc1CNCCCO. The van der Waals surface area contributed by atoms with Crippen molar-refractivity contribution in [1.29, 1.82) is 0 Å². The summed E-state index contributed by atoms with van der Waals surface area (Å²) in [5, 5.41) is 16.1. The Hall–Kier alpha value is -0.870. The normalized spacial score (nSPS) is 10.7. The third kappa shape index (κ3) is 3.47. The van der Waals surface area contributed by atoms with Gasteiger partial charge in [0.05, 0.1) is 5.69 Å². The zero-order chi connectivity index (χ0) is 10.2. The molecule has 0 aliphatic heterocycles. The van der Waals surface area contributed by atoms with Crippen molar-refractivity contribution in [3.8, 4) is 0 Å². The van der Waals surface area contributed by atoms with E-state index in [0.29, 0.717) is 0 Å². The predicted molar refractivity (Wildman–Crippen MR) is 55.9 cm³/mol. The molecular formula is C10H19N3O. The molecule has 0 radical (unpaired) electrons. The van der Waals surface area contributed by atoms with E-state index in [1.54, 1.807) is 0 Å². The molecule has 0 fully saturated rings. The molecule has 14 heavy (non-hydrogen) atoms. The van der Waals surface area contributed by atoms with Gasteiger partial charge in [-0.25, -0.2) is 0 Å². The van der Waals surface area contributed by atoms with Gasteiger partial charge in [-0.1, -0.05) is 6.92 Å². The first-order chi connectivity index (χ1) is 6.88. The number of hydrogen-bond acceptors (Lipinski definition) is 3. The van der Waals surface area contributed by atoms with Crippen molar-refractivity contribution in [2.24, 2.45) is 0 Å². The van der Waals surface area contributed by atoms with Crippen LogP contribution < -0.4 is 5.32 Å². The molecular weight excluding hydrogens is 178 g/mol. The monoisotopic (exact) mass is 197 g/mol. The fourth-order valence-corrected chi connectivity index (χ4v) is 1.34. The lowest BCUT2D eigenvalue weighted by molar-refractivity contribution is 0.285. The van der Waals surface area contributed by atoms with Gasteiger partial charge < -0.3 is 10.4 Å². The number of aliphatic hydroxyl groups excluding tert-OH is 1. The van der Waals surface area contributed by atoms with Crippen LogP contribution in [0.4, 0.5) is 0 Å². The van der Waals surface area contributed by atoms with Gasteiger partial charge >= 0.3 is 0 Å². The van der Waals surface area contributed by atoms with E-state index in [4.69, 9.17) is 5.11 Å². The Morgan fingerprint density at radius 2 is 2.43 bits per heavy atom. The van der Waals surface area contributed by atoms with E-state index in [-0.39, 0.29) is 6.61 Å². The van der Waals surface area contributed by atoms with Gasteiger partial charge in [0.15, 0.2) is 0 Å². The fraction of sp³-hybridized carbons (Fsp3) is 0.700. The molecule has 0 aliphatic rings. The van der Waals surface area contributed by atoms with Gasteiger partial charge in [-0.3, -0.25) is 4.68 Å². The summed E-state index contributed by atoms with van der Waals surface area (Å²) in [5.41, 5.74) is 1.21. The van der Waals surface area contributed by atoms with Crippen molar-refractivity contribution in [2.75, 3.05) is 13.2 Å². The first kappa shape index (κ1) is 11.2. The summed E-state index contributed by atoms with van der Waals surface area (Å²) < 4.78 is 2.02. The summed E-state index contributed by atoms with van der Waals surface area (Å²) >= 11 is 0. The molecule has 1 rings (SSSR count). The fourth-order valence-electron chi connectivity index (χ4n) is 1.34. The molecule has 4 heteroatoms. The van der Waals surface area contributed by atoms with E-state index in [1.165, 1.54) is 5.69 Å². The highest BCUT2D eigenvalue weighted by Gasteiger charge is 1.99. The molecule has 0 unspecified atom stereocenters. The Labute approximate surface area is 84.9 Å². The predicted octanol–water partition coefficient (Wildman–Crippen LogP) is 0.765. The van der Waals surface area contributed by atoms with E-state index in [1.807, 2.05) is 16.9 Å². The van der Waals surface area contributed by atoms with Crippen LogP contribution >= 0.6 is 0 Å². The van der Waals surface area contributed by atoms with Gasteiger partial charge in [0, 0.05) is 25.9 Å². The number of hydrogen-bond donors (Lipinski definition) is 2. The summed E-state index contributed by atoms with van der Waals surface area (Å²) in [6.45, 7) is 5.06. The van der Waals surface area contributed by atoms with Crippen molar-refractivity contribution in [3.05, 3.63) is 18.0 Å². The Morgan fingerprint density at radius 1 is 1.57 bits per heavy atom. The van der Waals surface area contributed by atoms with Crippen LogP contribution in [-0.4, -0.2) is 28.0 Å². The van der Waals surface area contributed by atoms with Crippen molar-refractivity contribution in [3.63, 3.8) is 0 Å². The Kier molecular flexibility index (Phi) is 5.25. The van der Waals surface area contributed by atoms with Gasteiger partial charge in [-0.05, 0) is 25.5 Å².